The number of aliphatic imine (C=N–C) groups is 1. The molecular weight excluding hydrogens is 160 g/mol. The monoisotopic (exact) mass is 164 g/mol. The molecule has 2 rings (SSSR count). The van der Waals surface area contributed by atoms with Gasteiger partial charge in [-0.2, -0.15) is 9.97 Å². The van der Waals surface area contributed by atoms with Gasteiger partial charge in [0.05, 0.1) is 6.21 Å². The Labute approximate surface area is 66.1 Å². The number of hydrogen-bond acceptors (Lipinski definition) is 6. The molecular formula is C5H4N6O. The second-order valence-corrected chi connectivity index (χ2v) is 2.14. The highest BCUT2D eigenvalue weighted by Crippen LogP contribution is 2.09. The van der Waals surface area contributed by atoms with Gasteiger partial charge in [-0.25, -0.2) is 9.56 Å². The molecule has 12 heavy (non-hydrogen) atoms. The number of rotatable bonds is 0. The van der Waals surface area contributed by atoms with Gasteiger partial charge in [-0.05, 0) is 0 Å². The van der Waals surface area contributed by atoms with E-state index < -0.39 is 5.91 Å². The maximum atomic E-state index is 11.0. The van der Waals surface area contributed by atoms with Crippen molar-refractivity contribution in [1.82, 2.24) is 14.5 Å². The molecule has 0 fully saturated rings. The van der Waals surface area contributed by atoms with Gasteiger partial charge in [-0.1, -0.05) is 0 Å². The fourth-order valence-electron chi connectivity index (χ4n) is 0.891. The molecule has 2 heterocycles. The lowest BCUT2D eigenvalue weighted by Gasteiger charge is -1.98. The average molecular weight is 164 g/mol. The van der Waals surface area contributed by atoms with Crippen molar-refractivity contribution in [2.75, 3.05) is 5.73 Å². The average Bonchev–Trinajstić information content (AvgIpc) is 2.31. The Balaban J connectivity index is 2.83. The Morgan fingerprint density at radius 3 is 3.00 bits per heavy atom. The van der Waals surface area contributed by atoms with Gasteiger partial charge in [0.2, 0.25) is 17.5 Å². The normalized spacial score (nSPS) is 13.5. The van der Waals surface area contributed by atoms with Crippen molar-refractivity contribution in [1.29, 1.82) is 5.41 Å². The smallest absolute Gasteiger partial charge is 0.278 e. The first-order chi connectivity index (χ1) is 5.68. The summed E-state index contributed by atoms with van der Waals surface area (Å²) in [6.45, 7) is 0. The van der Waals surface area contributed by atoms with E-state index in [9.17, 15) is 4.79 Å². The molecule has 7 nitrogen and oxygen atoms in total. The summed E-state index contributed by atoms with van der Waals surface area (Å²) in [6, 6.07) is 0. The molecule has 0 aromatic carbocycles. The number of fused-ring (bicyclic) bond motifs is 1. The zero-order valence-corrected chi connectivity index (χ0v) is 5.85. The van der Waals surface area contributed by atoms with Gasteiger partial charge >= 0.3 is 0 Å². The third-order valence-corrected chi connectivity index (χ3v) is 1.36. The molecule has 0 unspecified atom stereocenters. The van der Waals surface area contributed by atoms with E-state index >= 15 is 0 Å². The number of nitrogen functional groups attached to an aromatic ring is 1. The van der Waals surface area contributed by atoms with Crippen LogP contribution >= 0.6 is 0 Å². The maximum absolute atomic E-state index is 11.0. The lowest BCUT2D eigenvalue weighted by Crippen LogP contribution is -2.28. The van der Waals surface area contributed by atoms with Crippen molar-refractivity contribution >= 4 is 24.0 Å². The highest BCUT2D eigenvalue weighted by molar-refractivity contribution is 6.30. The Kier molecular flexibility index (Phi) is 1.09. The van der Waals surface area contributed by atoms with Crippen LogP contribution in [0.15, 0.2) is 4.99 Å². The van der Waals surface area contributed by atoms with Crippen LogP contribution in [0.2, 0.25) is 0 Å². The van der Waals surface area contributed by atoms with E-state index in [1.165, 1.54) is 0 Å². The number of nitrogens with one attached hydrogen (secondary N) is 1. The summed E-state index contributed by atoms with van der Waals surface area (Å²) in [7, 11) is 0. The Bertz CT molecular complexity index is 444. The van der Waals surface area contributed by atoms with Crippen molar-refractivity contribution < 1.29 is 4.79 Å². The van der Waals surface area contributed by atoms with E-state index in [-0.39, 0.29) is 17.5 Å². The molecule has 7 heteroatoms. The van der Waals surface area contributed by atoms with Crippen LogP contribution in [0.25, 0.3) is 0 Å². The molecule has 0 saturated carbocycles. The van der Waals surface area contributed by atoms with Crippen LogP contribution in [0.4, 0.5) is 11.9 Å². The zero-order valence-electron chi connectivity index (χ0n) is 5.85. The minimum absolute atomic E-state index is 0.0573. The van der Waals surface area contributed by atoms with Crippen molar-refractivity contribution in [2.24, 2.45) is 4.99 Å². The molecule has 1 aliphatic heterocycles. The van der Waals surface area contributed by atoms with E-state index in [0.29, 0.717) is 0 Å². The molecule has 0 bridgehead atoms. The Morgan fingerprint density at radius 2 is 2.25 bits per heavy atom. The number of hydrogen-bond donors (Lipinski definition) is 2. The second kappa shape index (κ2) is 1.97. The number of nitrogens with zero attached hydrogens (tertiary/aromatic N) is 4. The van der Waals surface area contributed by atoms with Gasteiger partial charge in [0, 0.05) is 0 Å². The van der Waals surface area contributed by atoms with Crippen LogP contribution in [0.3, 0.4) is 0 Å². The van der Waals surface area contributed by atoms with Crippen molar-refractivity contribution in [3.8, 4) is 0 Å². The van der Waals surface area contributed by atoms with Gasteiger partial charge in [0.1, 0.15) is 0 Å². The minimum atomic E-state index is -0.421. The lowest BCUT2D eigenvalue weighted by molar-refractivity contribution is 0.0995. The van der Waals surface area contributed by atoms with Gasteiger partial charge in [0.25, 0.3) is 5.91 Å². The molecule has 0 aliphatic carbocycles. The summed E-state index contributed by atoms with van der Waals surface area (Å²) < 4.78 is 0.969. The van der Waals surface area contributed by atoms with Crippen LogP contribution < -0.4 is 11.4 Å². The molecule has 1 aromatic heterocycles. The van der Waals surface area contributed by atoms with E-state index in [0.717, 1.165) is 10.8 Å². The summed E-state index contributed by atoms with van der Waals surface area (Å²) in [4.78, 5) is 21.8. The van der Waals surface area contributed by atoms with Crippen LogP contribution in [-0.2, 0) is 0 Å². The number of anilines is 1. The van der Waals surface area contributed by atoms with E-state index in [1.54, 1.807) is 0 Å². The van der Waals surface area contributed by atoms with Crippen molar-refractivity contribution in [2.45, 2.75) is 0 Å². The van der Waals surface area contributed by atoms with Crippen LogP contribution in [-0.4, -0.2) is 26.7 Å². The molecule has 0 spiro atoms. The van der Waals surface area contributed by atoms with Crippen molar-refractivity contribution in [3.63, 3.8) is 0 Å². The molecule has 0 radical (unpaired) electrons. The molecule has 0 saturated heterocycles. The summed E-state index contributed by atoms with van der Waals surface area (Å²) in [5, 5.41) is 7.25. The maximum Gasteiger partial charge on any atom is 0.278 e. The van der Waals surface area contributed by atoms with Gasteiger partial charge in [-0.3, -0.25) is 10.2 Å². The third kappa shape index (κ3) is 0.729. The highest BCUT2D eigenvalue weighted by Gasteiger charge is 2.16. The van der Waals surface area contributed by atoms with Crippen LogP contribution in [0.5, 0.6) is 0 Å². The molecule has 0 amide bonds. The SMILES string of the molecule is N=c1nc(N)nc2n1C(=O)C=N2. The summed E-state index contributed by atoms with van der Waals surface area (Å²) in [5.74, 6) is -0.370. The predicted molar refractivity (Wildman–Crippen MR) is 39.1 cm³/mol. The second-order valence-electron chi connectivity index (χ2n) is 2.14. The number of aromatic nitrogens is 3. The van der Waals surface area contributed by atoms with Gasteiger partial charge < -0.3 is 5.73 Å². The predicted octanol–water partition coefficient (Wildman–Crippen LogP) is -1.30. The van der Waals surface area contributed by atoms with Gasteiger partial charge in [0.15, 0.2) is 0 Å². The van der Waals surface area contributed by atoms with Crippen LogP contribution in [0.1, 0.15) is 4.79 Å². The van der Waals surface area contributed by atoms with Gasteiger partial charge in [-0.15, -0.1) is 0 Å². The first-order valence-electron chi connectivity index (χ1n) is 3.08. The summed E-state index contributed by atoms with van der Waals surface area (Å²) in [6.07, 6.45) is 1.07. The number of carbonyl (C=O) groups is 1. The summed E-state index contributed by atoms with van der Waals surface area (Å²) in [5.41, 5.74) is 4.99. The molecule has 0 atom stereocenters. The minimum Gasteiger partial charge on any atom is -0.368 e. The lowest BCUT2D eigenvalue weighted by atomic mass is 10.7. The zero-order chi connectivity index (χ0) is 8.72. The number of nitrogens with two attached hydrogens (primary N) is 1. The van der Waals surface area contributed by atoms with E-state index in [1.807, 2.05) is 0 Å². The standard InChI is InChI=1S/C5H4N6O/c6-3-9-4(7)11-2(12)1-8-5(11)10-3/h1H,(H3,6,7,9). The first kappa shape index (κ1) is 6.65. The third-order valence-electron chi connectivity index (χ3n) is 1.36. The Hall–Kier alpha value is -2.05. The largest absolute Gasteiger partial charge is 0.368 e. The van der Waals surface area contributed by atoms with Crippen LogP contribution in [0, 0.1) is 5.41 Å². The summed E-state index contributed by atoms with van der Waals surface area (Å²) >= 11 is 0. The fraction of sp³-hybridized carbons (Fsp3) is 0. The topological polar surface area (TPSA) is 110 Å². The molecule has 60 valence electrons. The molecule has 1 aromatic rings. The van der Waals surface area contributed by atoms with E-state index in [4.69, 9.17) is 11.1 Å². The first-order valence-corrected chi connectivity index (χ1v) is 3.08. The fourth-order valence-corrected chi connectivity index (χ4v) is 0.891. The Morgan fingerprint density at radius 1 is 1.50 bits per heavy atom. The number of carbonyl (C=O) groups excluding carboxylic acids is 1. The molecule has 3 N–H and O–H groups in total. The van der Waals surface area contributed by atoms with Crippen molar-refractivity contribution in [3.05, 3.63) is 5.62 Å². The quantitative estimate of drug-likeness (QED) is 0.496. The van der Waals surface area contributed by atoms with E-state index in [2.05, 4.69) is 15.0 Å². The molecule has 1 aliphatic rings. The highest BCUT2D eigenvalue weighted by atomic mass is 16.2.